The standard InChI is InChI=1S/C21H34N4O2.HI/c1-4-22-21(25(2)16-17-10-12-19(27-3)13-11-17)24-15-14-23-20(26)18-8-6-5-7-9-18;/h10-13,18H,4-9,14-16H2,1-3H3,(H,22,24)(H,23,26);1H. The number of ether oxygens (including phenoxy) is 1. The SMILES string of the molecule is CCNC(=NCCNC(=O)C1CCCCC1)N(C)Cc1ccc(OC)cc1.I. The molecule has 2 rings (SSSR count). The average Bonchev–Trinajstić information content (AvgIpc) is 2.71. The van der Waals surface area contributed by atoms with E-state index in [2.05, 4.69) is 39.6 Å². The molecule has 28 heavy (non-hydrogen) atoms. The molecule has 0 atom stereocenters. The summed E-state index contributed by atoms with van der Waals surface area (Å²) in [4.78, 5) is 18.9. The number of benzene rings is 1. The Morgan fingerprint density at radius 3 is 2.46 bits per heavy atom. The highest BCUT2D eigenvalue weighted by atomic mass is 127. The van der Waals surface area contributed by atoms with Gasteiger partial charge in [-0.1, -0.05) is 31.4 Å². The fourth-order valence-corrected chi connectivity index (χ4v) is 3.40. The molecule has 0 bridgehead atoms. The number of nitrogens with one attached hydrogen (secondary N) is 2. The van der Waals surface area contributed by atoms with Gasteiger partial charge in [-0.15, -0.1) is 24.0 Å². The zero-order valence-corrected chi connectivity index (χ0v) is 19.7. The first-order valence-corrected chi connectivity index (χ1v) is 10.0. The molecule has 1 fully saturated rings. The van der Waals surface area contributed by atoms with Crippen molar-refractivity contribution in [3.8, 4) is 5.75 Å². The van der Waals surface area contributed by atoms with Crippen LogP contribution in [0.2, 0.25) is 0 Å². The van der Waals surface area contributed by atoms with Crippen molar-refractivity contribution in [1.82, 2.24) is 15.5 Å². The lowest BCUT2D eigenvalue weighted by Gasteiger charge is -2.23. The second-order valence-corrected chi connectivity index (χ2v) is 7.07. The minimum Gasteiger partial charge on any atom is -0.497 e. The van der Waals surface area contributed by atoms with Crippen LogP contribution in [0.3, 0.4) is 0 Å². The molecule has 1 amide bonds. The van der Waals surface area contributed by atoms with E-state index in [-0.39, 0.29) is 35.8 Å². The fourth-order valence-electron chi connectivity index (χ4n) is 3.40. The molecule has 0 saturated heterocycles. The summed E-state index contributed by atoms with van der Waals surface area (Å²) >= 11 is 0. The van der Waals surface area contributed by atoms with Crippen molar-refractivity contribution in [2.45, 2.75) is 45.6 Å². The molecule has 7 heteroatoms. The van der Waals surface area contributed by atoms with Crippen LogP contribution in [0.15, 0.2) is 29.3 Å². The van der Waals surface area contributed by atoms with E-state index >= 15 is 0 Å². The van der Waals surface area contributed by atoms with Crippen molar-refractivity contribution in [2.24, 2.45) is 10.9 Å². The molecule has 1 aliphatic carbocycles. The van der Waals surface area contributed by atoms with E-state index in [1.54, 1.807) is 7.11 Å². The van der Waals surface area contributed by atoms with E-state index in [1.165, 1.54) is 24.8 Å². The Balaban J connectivity index is 0.00000392. The molecular formula is C21H35IN4O2. The van der Waals surface area contributed by atoms with Crippen molar-refractivity contribution < 1.29 is 9.53 Å². The topological polar surface area (TPSA) is 66.0 Å². The van der Waals surface area contributed by atoms with Gasteiger partial charge in [-0.05, 0) is 37.5 Å². The highest BCUT2D eigenvalue weighted by molar-refractivity contribution is 14.0. The van der Waals surface area contributed by atoms with Crippen LogP contribution in [-0.2, 0) is 11.3 Å². The first-order chi connectivity index (χ1) is 13.1. The Labute approximate surface area is 186 Å². The van der Waals surface area contributed by atoms with Gasteiger partial charge in [0.05, 0.1) is 13.7 Å². The smallest absolute Gasteiger partial charge is 0.223 e. The van der Waals surface area contributed by atoms with Crippen LogP contribution < -0.4 is 15.4 Å². The van der Waals surface area contributed by atoms with E-state index in [9.17, 15) is 4.79 Å². The van der Waals surface area contributed by atoms with Gasteiger partial charge in [0.1, 0.15) is 5.75 Å². The molecule has 0 spiro atoms. The summed E-state index contributed by atoms with van der Waals surface area (Å²) in [5.41, 5.74) is 1.19. The lowest BCUT2D eigenvalue weighted by Crippen LogP contribution is -2.39. The Morgan fingerprint density at radius 2 is 1.86 bits per heavy atom. The van der Waals surface area contributed by atoms with Crippen molar-refractivity contribution in [2.75, 3.05) is 33.8 Å². The Bertz CT molecular complexity index is 601. The summed E-state index contributed by atoms with van der Waals surface area (Å²) in [5.74, 6) is 2.10. The number of guanidine groups is 1. The van der Waals surface area contributed by atoms with Gasteiger partial charge in [0.15, 0.2) is 5.96 Å². The van der Waals surface area contributed by atoms with Gasteiger partial charge in [0.25, 0.3) is 0 Å². The molecule has 1 saturated carbocycles. The summed E-state index contributed by atoms with van der Waals surface area (Å²) in [6.45, 7) is 4.78. The van der Waals surface area contributed by atoms with E-state index in [0.29, 0.717) is 13.1 Å². The molecule has 0 aromatic heterocycles. The fraction of sp³-hybridized carbons (Fsp3) is 0.619. The molecule has 2 N–H and O–H groups in total. The monoisotopic (exact) mass is 502 g/mol. The van der Waals surface area contributed by atoms with Crippen LogP contribution in [0.1, 0.15) is 44.6 Å². The second-order valence-electron chi connectivity index (χ2n) is 7.07. The number of rotatable bonds is 8. The Kier molecular flexibility index (Phi) is 11.9. The van der Waals surface area contributed by atoms with Crippen LogP contribution >= 0.6 is 24.0 Å². The molecule has 0 aliphatic heterocycles. The molecule has 0 radical (unpaired) electrons. The lowest BCUT2D eigenvalue weighted by molar-refractivity contribution is -0.125. The number of amides is 1. The third-order valence-electron chi connectivity index (χ3n) is 4.92. The average molecular weight is 502 g/mol. The Morgan fingerprint density at radius 1 is 1.18 bits per heavy atom. The highest BCUT2D eigenvalue weighted by Gasteiger charge is 2.20. The molecule has 1 aromatic rings. The first-order valence-electron chi connectivity index (χ1n) is 10.0. The quantitative estimate of drug-likeness (QED) is 0.248. The summed E-state index contributed by atoms with van der Waals surface area (Å²) < 4.78 is 5.20. The van der Waals surface area contributed by atoms with Crippen molar-refractivity contribution in [3.05, 3.63) is 29.8 Å². The normalized spacial score (nSPS) is 14.8. The highest BCUT2D eigenvalue weighted by Crippen LogP contribution is 2.23. The van der Waals surface area contributed by atoms with E-state index in [4.69, 9.17) is 4.74 Å². The molecule has 0 unspecified atom stereocenters. The third-order valence-corrected chi connectivity index (χ3v) is 4.92. The molecular weight excluding hydrogens is 467 g/mol. The number of aliphatic imine (C=N–C) groups is 1. The van der Waals surface area contributed by atoms with Gasteiger partial charge in [0.2, 0.25) is 5.91 Å². The minimum absolute atomic E-state index is 0. The second kappa shape index (κ2) is 13.6. The van der Waals surface area contributed by atoms with Crippen LogP contribution in [-0.4, -0.2) is 50.6 Å². The van der Waals surface area contributed by atoms with Gasteiger partial charge in [-0.3, -0.25) is 9.79 Å². The van der Waals surface area contributed by atoms with Gasteiger partial charge in [0, 0.05) is 32.6 Å². The Hall–Kier alpha value is -1.51. The predicted molar refractivity (Wildman–Crippen MR) is 125 cm³/mol. The van der Waals surface area contributed by atoms with Crippen molar-refractivity contribution in [3.63, 3.8) is 0 Å². The summed E-state index contributed by atoms with van der Waals surface area (Å²) in [7, 11) is 3.69. The lowest BCUT2D eigenvalue weighted by atomic mass is 9.89. The van der Waals surface area contributed by atoms with Gasteiger partial charge in [-0.2, -0.15) is 0 Å². The number of carbonyl (C=O) groups is 1. The van der Waals surface area contributed by atoms with E-state index in [0.717, 1.165) is 37.6 Å². The zero-order valence-electron chi connectivity index (χ0n) is 17.4. The molecule has 0 heterocycles. The number of methoxy groups -OCH3 is 1. The zero-order chi connectivity index (χ0) is 19.5. The van der Waals surface area contributed by atoms with Crippen molar-refractivity contribution in [1.29, 1.82) is 0 Å². The van der Waals surface area contributed by atoms with E-state index in [1.807, 2.05) is 19.2 Å². The largest absolute Gasteiger partial charge is 0.497 e. The summed E-state index contributed by atoms with van der Waals surface area (Å²) in [5, 5.41) is 6.36. The number of halogens is 1. The van der Waals surface area contributed by atoms with Crippen LogP contribution in [0.25, 0.3) is 0 Å². The van der Waals surface area contributed by atoms with Gasteiger partial charge < -0.3 is 20.3 Å². The van der Waals surface area contributed by atoms with Crippen LogP contribution in [0, 0.1) is 5.92 Å². The number of carbonyl (C=O) groups excluding carboxylic acids is 1. The summed E-state index contributed by atoms with van der Waals surface area (Å²) in [6, 6.07) is 8.05. The minimum atomic E-state index is 0. The number of hydrogen-bond acceptors (Lipinski definition) is 3. The molecule has 1 aromatic carbocycles. The summed E-state index contributed by atoms with van der Waals surface area (Å²) in [6.07, 6.45) is 5.68. The number of nitrogens with zero attached hydrogens (tertiary/aromatic N) is 2. The first kappa shape index (κ1) is 24.5. The van der Waals surface area contributed by atoms with Crippen molar-refractivity contribution >= 4 is 35.8 Å². The number of hydrogen-bond donors (Lipinski definition) is 2. The maximum absolute atomic E-state index is 12.2. The molecule has 6 nitrogen and oxygen atoms in total. The predicted octanol–water partition coefficient (Wildman–Crippen LogP) is 3.41. The van der Waals surface area contributed by atoms with Gasteiger partial charge >= 0.3 is 0 Å². The maximum Gasteiger partial charge on any atom is 0.223 e. The van der Waals surface area contributed by atoms with Crippen LogP contribution in [0.4, 0.5) is 0 Å². The third kappa shape index (κ3) is 8.24. The maximum atomic E-state index is 12.2. The molecule has 1 aliphatic rings. The van der Waals surface area contributed by atoms with Gasteiger partial charge in [-0.25, -0.2) is 0 Å². The molecule has 158 valence electrons. The van der Waals surface area contributed by atoms with E-state index < -0.39 is 0 Å². The van der Waals surface area contributed by atoms with Crippen LogP contribution in [0.5, 0.6) is 5.75 Å².